The summed E-state index contributed by atoms with van der Waals surface area (Å²) < 4.78 is 3.90. The first-order valence-corrected chi connectivity index (χ1v) is 8.60. The standard InChI is InChI=1S/C19H21N5O/c1-15-7-10-24(21-15)17-5-2-4-16(12-17)19(25)22-9-3-6-18(13-22)23-11-8-20-14-23/h2,4-5,7-8,10-12,14,18H,3,6,9,13H2,1H3. The smallest absolute Gasteiger partial charge is 0.254 e. The molecule has 0 saturated carbocycles. The van der Waals surface area contributed by atoms with Crippen LogP contribution in [0.3, 0.4) is 0 Å². The van der Waals surface area contributed by atoms with Crippen LogP contribution in [0.1, 0.15) is 34.9 Å². The Hall–Kier alpha value is -2.89. The molecule has 0 bridgehead atoms. The number of likely N-dealkylation sites (tertiary alicyclic amines) is 1. The predicted octanol–water partition coefficient (Wildman–Crippen LogP) is 2.85. The van der Waals surface area contributed by atoms with Crippen LogP contribution in [0, 0.1) is 6.92 Å². The van der Waals surface area contributed by atoms with E-state index in [1.807, 2.05) is 60.9 Å². The second-order valence-corrected chi connectivity index (χ2v) is 6.51. The van der Waals surface area contributed by atoms with Gasteiger partial charge in [0, 0.05) is 37.2 Å². The minimum absolute atomic E-state index is 0.0792. The molecule has 6 heteroatoms. The van der Waals surface area contributed by atoms with Crippen molar-refractivity contribution in [1.29, 1.82) is 0 Å². The van der Waals surface area contributed by atoms with Crippen LogP contribution in [-0.4, -0.2) is 43.2 Å². The maximum absolute atomic E-state index is 13.0. The van der Waals surface area contributed by atoms with Gasteiger partial charge < -0.3 is 9.47 Å². The third kappa shape index (κ3) is 3.20. The van der Waals surface area contributed by atoms with Gasteiger partial charge in [-0.1, -0.05) is 6.07 Å². The highest BCUT2D eigenvalue weighted by Gasteiger charge is 2.25. The lowest BCUT2D eigenvalue weighted by Crippen LogP contribution is -2.40. The van der Waals surface area contributed by atoms with Crippen LogP contribution in [0.4, 0.5) is 0 Å². The Morgan fingerprint density at radius 3 is 2.92 bits per heavy atom. The van der Waals surface area contributed by atoms with E-state index in [4.69, 9.17) is 0 Å². The summed E-state index contributed by atoms with van der Waals surface area (Å²) in [7, 11) is 0. The van der Waals surface area contributed by atoms with Crippen LogP contribution < -0.4 is 0 Å². The number of carbonyl (C=O) groups is 1. The largest absolute Gasteiger partial charge is 0.337 e. The highest BCUT2D eigenvalue weighted by molar-refractivity contribution is 5.94. The van der Waals surface area contributed by atoms with Crippen LogP contribution in [0.5, 0.6) is 0 Å². The summed E-state index contributed by atoms with van der Waals surface area (Å²) in [6.45, 7) is 3.48. The molecule has 128 valence electrons. The molecule has 2 aromatic heterocycles. The Bertz CT molecular complexity index is 868. The van der Waals surface area contributed by atoms with Crippen LogP contribution in [0.15, 0.2) is 55.2 Å². The Labute approximate surface area is 146 Å². The molecule has 1 unspecified atom stereocenters. The Kier molecular flexibility index (Phi) is 4.09. The number of nitrogens with zero attached hydrogens (tertiary/aromatic N) is 5. The Morgan fingerprint density at radius 2 is 2.16 bits per heavy atom. The van der Waals surface area contributed by atoms with Crippen molar-refractivity contribution in [2.24, 2.45) is 0 Å². The first-order chi connectivity index (χ1) is 12.2. The molecular weight excluding hydrogens is 314 g/mol. The lowest BCUT2D eigenvalue weighted by molar-refractivity contribution is 0.0679. The fourth-order valence-electron chi connectivity index (χ4n) is 3.39. The van der Waals surface area contributed by atoms with E-state index in [1.54, 1.807) is 10.9 Å². The van der Waals surface area contributed by atoms with Gasteiger partial charge in [-0.05, 0) is 44.0 Å². The van der Waals surface area contributed by atoms with Crippen molar-refractivity contribution in [1.82, 2.24) is 24.2 Å². The van der Waals surface area contributed by atoms with Gasteiger partial charge in [0.1, 0.15) is 0 Å². The molecule has 3 heterocycles. The van der Waals surface area contributed by atoms with Crippen molar-refractivity contribution >= 4 is 5.91 Å². The summed E-state index contributed by atoms with van der Waals surface area (Å²) in [6.07, 6.45) is 9.59. The molecule has 6 nitrogen and oxygen atoms in total. The van der Waals surface area contributed by atoms with E-state index in [0.717, 1.165) is 37.3 Å². The summed E-state index contributed by atoms with van der Waals surface area (Å²) in [5, 5.41) is 4.42. The molecule has 0 N–H and O–H groups in total. The molecular formula is C19H21N5O. The van der Waals surface area contributed by atoms with Gasteiger partial charge in [-0.2, -0.15) is 5.10 Å². The molecule has 1 fully saturated rings. The van der Waals surface area contributed by atoms with Crippen LogP contribution in [-0.2, 0) is 0 Å². The number of hydrogen-bond donors (Lipinski definition) is 0. The Morgan fingerprint density at radius 1 is 1.24 bits per heavy atom. The van der Waals surface area contributed by atoms with Gasteiger partial charge in [0.2, 0.25) is 0 Å². The van der Waals surface area contributed by atoms with E-state index in [2.05, 4.69) is 14.6 Å². The Balaban J connectivity index is 1.54. The molecule has 3 aromatic rings. The maximum atomic E-state index is 13.0. The average molecular weight is 335 g/mol. The molecule has 0 spiro atoms. The van der Waals surface area contributed by atoms with Crippen LogP contribution in [0.2, 0.25) is 0 Å². The number of rotatable bonds is 3. The number of benzene rings is 1. The molecule has 1 aromatic carbocycles. The zero-order valence-corrected chi connectivity index (χ0v) is 14.2. The summed E-state index contributed by atoms with van der Waals surface area (Å²) >= 11 is 0. The van der Waals surface area contributed by atoms with Crippen molar-refractivity contribution in [2.75, 3.05) is 13.1 Å². The molecule has 0 radical (unpaired) electrons. The molecule has 25 heavy (non-hydrogen) atoms. The highest BCUT2D eigenvalue weighted by Crippen LogP contribution is 2.23. The van der Waals surface area contributed by atoms with Gasteiger partial charge in [-0.3, -0.25) is 4.79 Å². The van der Waals surface area contributed by atoms with Gasteiger partial charge in [0.15, 0.2) is 0 Å². The van der Waals surface area contributed by atoms with Gasteiger partial charge >= 0.3 is 0 Å². The summed E-state index contributed by atoms with van der Waals surface area (Å²) in [5.41, 5.74) is 2.56. The highest BCUT2D eigenvalue weighted by atomic mass is 16.2. The maximum Gasteiger partial charge on any atom is 0.254 e. The lowest BCUT2D eigenvalue weighted by Gasteiger charge is -2.33. The number of carbonyl (C=O) groups excluding carboxylic acids is 1. The second-order valence-electron chi connectivity index (χ2n) is 6.51. The SMILES string of the molecule is Cc1ccn(-c2cccc(C(=O)N3CCCC(n4ccnc4)C3)c2)n1. The third-order valence-electron chi connectivity index (χ3n) is 4.71. The fraction of sp³-hybridized carbons (Fsp3) is 0.316. The number of imidazole rings is 1. The normalized spacial score (nSPS) is 17.6. The number of amides is 1. The fourth-order valence-corrected chi connectivity index (χ4v) is 3.39. The van der Waals surface area contributed by atoms with Crippen LogP contribution >= 0.6 is 0 Å². The minimum atomic E-state index is 0.0792. The first-order valence-electron chi connectivity index (χ1n) is 8.60. The topological polar surface area (TPSA) is 56.0 Å². The van der Waals surface area contributed by atoms with Crippen molar-refractivity contribution in [3.63, 3.8) is 0 Å². The molecule has 1 amide bonds. The molecule has 1 atom stereocenters. The van der Waals surface area contributed by atoms with Gasteiger partial charge in [-0.15, -0.1) is 0 Å². The molecule has 1 aliphatic rings. The molecule has 4 rings (SSSR count). The van der Waals surface area contributed by atoms with E-state index in [1.165, 1.54) is 0 Å². The van der Waals surface area contributed by atoms with Crippen molar-refractivity contribution in [3.05, 3.63) is 66.5 Å². The lowest BCUT2D eigenvalue weighted by atomic mass is 10.0. The quantitative estimate of drug-likeness (QED) is 0.739. The van der Waals surface area contributed by atoms with Crippen molar-refractivity contribution < 1.29 is 4.79 Å². The number of aromatic nitrogens is 4. The van der Waals surface area contributed by atoms with Crippen molar-refractivity contribution in [3.8, 4) is 5.69 Å². The molecule has 1 aliphatic heterocycles. The van der Waals surface area contributed by atoms with Gasteiger partial charge in [0.25, 0.3) is 5.91 Å². The van der Waals surface area contributed by atoms with E-state index < -0.39 is 0 Å². The van der Waals surface area contributed by atoms with Crippen LogP contribution in [0.25, 0.3) is 5.69 Å². The van der Waals surface area contributed by atoms with E-state index in [0.29, 0.717) is 11.6 Å². The average Bonchev–Trinajstić information content (AvgIpc) is 3.33. The number of aryl methyl sites for hydroxylation is 1. The zero-order valence-electron chi connectivity index (χ0n) is 14.2. The number of piperidine rings is 1. The summed E-state index contributed by atoms with van der Waals surface area (Å²) in [5.74, 6) is 0.0792. The summed E-state index contributed by atoms with van der Waals surface area (Å²) in [4.78, 5) is 19.0. The molecule has 1 saturated heterocycles. The summed E-state index contributed by atoms with van der Waals surface area (Å²) in [6, 6.07) is 9.93. The van der Waals surface area contributed by atoms with E-state index in [9.17, 15) is 4.79 Å². The monoisotopic (exact) mass is 335 g/mol. The van der Waals surface area contributed by atoms with E-state index >= 15 is 0 Å². The number of hydrogen-bond acceptors (Lipinski definition) is 3. The zero-order chi connectivity index (χ0) is 17.2. The van der Waals surface area contributed by atoms with Crippen molar-refractivity contribution in [2.45, 2.75) is 25.8 Å². The van der Waals surface area contributed by atoms with E-state index in [-0.39, 0.29) is 5.91 Å². The predicted molar refractivity (Wildman–Crippen MR) is 94.7 cm³/mol. The van der Waals surface area contributed by atoms with Gasteiger partial charge in [0.05, 0.1) is 23.8 Å². The first kappa shape index (κ1) is 15.6. The third-order valence-corrected chi connectivity index (χ3v) is 4.71. The second kappa shape index (κ2) is 6.55. The van der Waals surface area contributed by atoms with Gasteiger partial charge in [-0.25, -0.2) is 9.67 Å². The molecule has 0 aliphatic carbocycles. The minimum Gasteiger partial charge on any atom is -0.337 e.